The molecule has 0 amide bonds. The monoisotopic (exact) mass is 674 g/mol. The molecule has 7 heteroatoms. The summed E-state index contributed by atoms with van der Waals surface area (Å²) < 4.78 is 11.4. The van der Waals surface area contributed by atoms with Crippen LogP contribution in [0.4, 0.5) is 0 Å². The maximum Gasteiger partial charge on any atom is 0.323 e. The van der Waals surface area contributed by atoms with Crippen LogP contribution in [-0.2, 0) is 22.6 Å². The second kappa shape index (κ2) is 16.9. The quantitative estimate of drug-likeness (QED) is 0.133. The van der Waals surface area contributed by atoms with Crippen LogP contribution < -0.4 is 4.74 Å². The lowest BCUT2D eigenvalue weighted by Crippen LogP contribution is -2.47. The average Bonchev–Trinajstić information content (AvgIpc) is 3.58. The molecular weight excluding hydrogens is 620 g/mol. The Labute approximate surface area is 298 Å². The Hall–Kier alpha value is -3.81. The number of benzene rings is 3. The topological polar surface area (TPSA) is 67.8 Å². The molecule has 3 atom stereocenters. The van der Waals surface area contributed by atoms with Crippen molar-refractivity contribution in [3.8, 4) is 5.75 Å². The van der Waals surface area contributed by atoms with Crippen LogP contribution in [0.15, 0.2) is 85.1 Å². The molecular formula is C43H54N4O3. The van der Waals surface area contributed by atoms with E-state index in [1.54, 1.807) is 7.11 Å². The van der Waals surface area contributed by atoms with Gasteiger partial charge in [0, 0.05) is 31.7 Å². The van der Waals surface area contributed by atoms with Crippen LogP contribution in [0, 0.1) is 17.8 Å². The predicted molar refractivity (Wildman–Crippen MR) is 199 cm³/mol. The molecule has 3 aliphatic rings. The third-order valence-electron chi connectivity index (χ3n) is 11.7. The van der Waals surface area contributed by atoms with Crippen LogP contribution in [0.1, 0.15) is 80.5 Å². The van der Waals surface area contributed by atoms with Gasteiger partial charge in [-0.25, -0.2) is 4.98 Å². The van der Waals surface area contributed by atoms with Gasteiger partial charge in [0.25, 0.3) is 0 Å². The number of likely N-dealkylation sites (tertiary alicyclic amines) is 2. The summed E-state index contributed by atoms with van der Waals surface area (Å²) in [5.74, 6) is 2.81. The zero-order chi connectivity index (χ0) is 34.1. The number of hydrogen-bond acceptors (Lipinski definition) is 7. The zero-order valence-corrected chi connectivity index (χ0v) is 29.8. The fourth-order valence-corrected chi connectivity index (χ4v) is 8.92. The Balaban J connectivity index is 0.967. The highest BCUT2D eigenvalue weighted by Crippen LogP contribution is 2.39. The minimum atomic E-state index is -0.178. The number of piperidine rings is 1. The van der Waals surface area contributed by atoms with Crippen LogP contribution in [0.2, 0.25) is 0 Å². The van der Waals surface area contributed by atoms with E-state index >= 15 is 0 Å². The minimum Gasteiger partial charge on any atom is -0.497 e. The van der Waals surface area contributed by atoms with Gasteiger partial charge in [0.2, 0.25) is 0 Å². The minimum absolute atomic E-state index is 0.0457. The van der Waals surface area contributed by atoms with E-state index in [4.69, 9.17) is 14.5 Å². The largest absolute Gasteiger partial charge is 0.497 e. The maximum atomic E-state index is 14.0. The van der Waals surface area contributed by atoms with Crippen molar-refractivity contribution in [3.63, 3.8) is 0 Å². The summed E-state index contributed by atoms with van der Waals surface area (Å²) in [5.41, 5.74) is 5.47. The summed E-state index contributed by atoms with van der Waals surface area (Å²) in [4.78, 5) is 28.7. The summed E-state index contributed by atoms with van der Waals surface area (Å²) in [6.45, 7) is 5.58. The second-order valence-electron chi connectivity index (χ2n) is 15.0. The van der Waals surface area contributed by atoms with Crippen molar-refractivity contribution in [2.45, 2.75) is 82.8 Å². The van der Waals surface area contributed by atoms with Crippen molar-refractivity contribution in [1.82, 2.24) is 19.8 Å². The van der Waals surface area contributed by atoms with Gasteiger partial charge in [0.15, 0.2) is 0 Å². The van der Waals surface area contributed by atoms with Crippen LogP contribution in [0.5, 0.6) is 5.75 Å². The molecule has 0 spiro atoms. The summed E-state index contributed by atoms with van der Waals surface area (Å²) in [7, 11) is 1.67. The molecule has 4 aromatic rings. The van der Waals surface area contributed by atoms with E-state index in [1.807, 2.05) is 48.7 Å². The molecule has 2 aliphatic heterocycles. The molecule has 1 aliphatic carbocycles. The van der Waals surface area contributed by atoms with Gasteiger partial charge in [-0.15, -0.1) is 0 Å². The number of fused-ring (bicyclic) bond motifs is 1. The number of aryl methyl sites for hydroxylation is 1. The molecule has 0 N–H and O–H groups in total. The lowest BCUT2D eigenvalue weighted by atomic mass is 9.83. The number of aromatic nitrogens is 2. The number of rotatable bonds is 13. The Morgan fingerprint density at radius 2 is 1.60 bits per heavy atom. The number of hydrogen-bond donors (Lipinski definition) is 0. The van der Waals surface area contributed by atoms with Gasteiger partial charge in [0.05, 0.1) is 23.8 Å². The number of carbonyl (C=O) groups excluding carboxylic acids is 1. The molecule has 0 radical (unpaired) electrons. The lowest BCUT2D eigenvalue weighted by molar-refractivity contribution is -0.154. The third-order valence-corrected chi connectivity index (χ3v) is 11.7. The first-order valence-electron chi connectivity index (χ1n) is 19.1. The maximum absolute atomic E-state index is 14.0. The number of para-hydroxylation sites is 2. The Bertz CT molecular complexity index is 1650. The van der Waals surface area contributed by atoms with E-state index in [9.17, 15) is 4.79 Å². The van der Waals surface area contributed by atoms with Crippen LogP contribution >= 0.6 is 0 Å². The van der Waals surface area contributed by atoms with Crippen LogP contribution in [-0.4, -0.2) is 71.6 Å². The van der Waals surface area contributed by atoms with Gasteiger partial charge in [-0.3, -0.25) is 14.7 Å². The first-order valence-corrected chi connectivity index (χ1v) is 19.1. The SMILES string of the molecule is COc1ccc(COC(=O)[C@@H](C2CCCCC2)N2C[C@H](CN3CCC(CCCc4cnc5ccccc5n4)CC3)[C@@H](c3ccccc3)C2)cc1. The van der Waals surface area contributed by atoms with Gasteiger partial charge in [-0.2, -0.15) is 0 Å². The Kier molecular flexibility index (Phi) is 11.7. The Morgan fingerprint density at radius 3 is 2.36 bits per heavy atom. The van der Waals surface area contributed by atoms with Crippen molar-refractivity contribution < 1.29 is 14.3 Å². The molecule has 3 fully saturated rings. The van der Waals surface area contributed by atoms with E-state index in [2.05, 4.69) is 51.2 Å². The zero-order valence-electron chi connectivity index (χ0n) is 29.8. The van der Waals surface area contributed by atoms with Crippen molar-refractivity contribution in [1.29, 1.82) is 0 Å². The predicted octanol–water partition coefficient (Wildman–Crippen LogP) is 8.08. The molecule has 1 saturated carbocycles. The van der Waals surface area contributed by atoms with Crippen molar-refractivity contribution in [2.24, 2.45) is 17.8 Å². The highest BCUT2D eigenvalue weighted by atomic mass is 16.5. The van der Waals surface area contributed by atoms with Gasteiger partial charge in [-0.05, 0) is 111 Å². The first kappa shape index (κ1) is 34.6. The van der Waals surface area contributed by atoms with Gasteiger partial charge < -0.3 is 14.4 Å². The summed E-state index contributed by atoms with van der Waals surface area (Å²) in [6, 6.07) is 26.9. The molecule has 50 heavy (non-hydrogen) atoms. The fraction of sp³-hybridized carbons (Fsp3) is 0.512. The summed E-state index contributed by atoms with van der Waals surface area (Å²) >= 11 is 0. The number of methoxy groups -OCH3 is 1. The number of carbonyl (C=O) groups is 1. The third kappa shape index (κ3) is 8.73. The summed E-state index contributed by atoms with van der Waals surface area (Å²) in [5, 5.41) is 0. The first-order chi connectivity index (χ1) is 24.6. The van der Waals surface area contributed by atoms with Gasteiger partial charge >= 0.3 is 5.97 Å². The molecule has 7 nitrogen and oxygen atoms in total. The molecule has 3 aromatic carbocycles. The normalized spacial score (nSPS) is 21.7. The van der Waals surface area contributed by atoms with E-state index in [0.717, 1.165) is 85.9 Å². The number of nitrogens with zero attached hydrogens (tertiary/aromatic N) is 4. The van der Waals surface area contributed by atoms with Crippen molar-refractivity contribution >= 4 is 17.0 Å². The fourth-order valence-electron chi connectivity index (χ4n) is 8.92. The Morgan fingerprint density at radius 1 is 0.860 bits per heavy atom. The molecule has 0 bridgehead atoms. The highest BCUT2D eigenvalue weighted by Gasteiger charge is 2.44. The molecule has 3 heterocycles. The van der Waals surface area contributed by atoms with E-state index < -0.39 is 0 Å². The number of ether oxygens (including phenoxy) is 2. The highest BCUT2D eigenvalue weighted by molar-refractivity contribution is 5.76. The van der Waals surface area contributed by atoms with E-state index in [0.29, 0.717) is 24.4 Å². The van der Waals surface area contributed by atoms with Crippen molar-refractivity contribution in [3.05, 3.63) is 102 Å². The smallest absolute Gasteiger partial charge is 0.323 e. The van der Waals surface area contributed by atoms with E-state index in [1.165, 1.54) is 50.5 Å². The molecule has 2 saturated heterocycles. The van der Waals surface area contributed by atoms with Crippen LogP contribution in [0.25, 0.3) is 11.0 Å². The summed E-state index contributed by atoms with van der Waals surface area (Å²) in [6.07, 6.45) is 13.8. The standard InChI is InChI=1S/C43H54N4O3/c1-49-38-21-19-33(20-22-38)31-50-43(48)42(35-14-6-3-7-15-35)47-29-36(39(30-47)34-12-4-2-5-13-34)28-46-25-23-32(24-26-46)11-10-16-37-27-44-40-17-8-9-18-41(40)45-37/h2,4-5,8-9,12-13,17-22,27,32,35-36,39,42H,3,6-7,10-11,14-16,23-26,28-31H2,1H3/t36-,39+,42+/m0/s1. The molecule has 264 valence electrons. The van der Waals surface area contributed by atoms with Gasteiger partial charge in [0.1, 0.15) is 18.4 Å². The lowest BCUT2D eigenvalue weighted by Gasteiger charge is -2.36. The molecule has 7 rings (SSSR count). The van der Waals surface area contributed by atoms with E-state index in [-0.39, 0.29) is 12.0 Å². The molecule has 0 unspecified atom stereocenters. The van der Waals surface area contributed by atoms with Gasteiger partial charge in [-0.1, -0.05) is 73.9 Å². The number of esters is 1. The van der Waals surface area contributed by atoms with Crippen LogP contribution in [0.3, 0.4) is 0 Å². The second-order valence-corrected chi connectivity index (χ2v) is 15.0. The average molecular weight is 675 g/mol. The molecule has 1 aromatic heterocycles. The van der Waals surface area contributed by atoms with Crippen molar-refractivity contribution in [2.75, 3.05) is 39.8 Å².